The van der Waals surface area contributed by atoms with Gasteiger partial charge < -0.3 is 9.13 Å². The van der Waals surface area contributed by atoms with Crippen LogP contribution in [-0.4, -0.2) is 11.3 Å². The van der Waals surface area contributed by atoms with Gasteiger partial charge in [0.25, 0.3) is 0 Å². The van der Waals surface area contributed by atoms with Gasteiger partial charge in [-0.1, -0.05) is 110 Å². The quantitative estimate of drug-likeness (QED) is 0.120. The van der Waals surface area contributed by atoms with E-state index in [4.69, 9.17) is 0 Å². The molecule has 5 aromatic carbocycles. The van der Waals surface area contributed by atoms with Gasteiger partial charge in [-0.3, -0.25) is 4.99 Å². The van der Waals surface area contributed by atoms with Crippen molar-refractivity contribution in [2.75, 3.05) is 0 Å². The second-order valence-corrected chi connectivity index (χ2v) is 12.1. The molecule has 1 heterocycles. The molecule has 1 atom stereocenters. The second kappa shape index (κ2) is 10.2. The van der Waals surface area contributed by atoms with Crippen LogP contribution in [0, 0.1) is 0 Å². The molecule has 0 bridgehead atoms. The van der Waals surface area contributed by atoms with Crippen LogP contribution in [0.4, 0.5) is 0 Å². The third kappa shape index (κ3) is 4.18. The first-order valence-electron chi connectivity index (χ1n) is 12.8. The highest BCUT2D eigenvalue weighted by Gasteiger charge is 2.30. The van der Waals surface area contributed by atoms with E-state index in [9.17, 15) is 0 Å². The van der Waals surface area contributed by atoms with Crippen LogP contribution in [0.15, 0.2) is 151 Å². The summed E-state index contributed by atoms with van der Waals surface area (Å²) >= 11 is 0. The minimum absolute atomic E-state index is 0.752. The summed E-state index contributed by atoms with van der Waals surface area (Å²) in [5.41, 5.74) is 4.92. The third-order valence-corrected chi connectivity index (χ3v) is 10.2. The summed E-state index contributed by atoms with van der Waals surface area (Å²) in [6, 6.07) is 42.6. The second-order valence-electron chi connectivity index (χ2n) is 9.36. The summed E-state index contributed by atoms with van der Waals surface area (Å²) in [6.45, 7) is 7.51. The van der Waals surface area contributed by atoms with Gasteiger partial charge in [0.2, 0.25) is 0 Å². The fourth-order valence-electron chi connectivity index (χ4n) is 5.34. The van der Waals surface area contributed by atoms with Crippen molar-refractivity contribution < 1.29 is 4.57 Å². The van der Waals surface area contributed by atoms with Crippen LogP contribution in [0.2, 0.25) is 0 Å². The third-order valence-electron chi connectivity index (χ3n) is 7.14. The number of allylic oxidation sites excluding steroid dienone is 2. The Balaban J connectivity index is 1.61. The highest BCUT2D eigenvalue weighted by atomic mass is 31.2. The lowest BCUT2D eigenvalue weighted by Crippen LogP contribution is -2.25. The SMILES string of the molecule is C=C/C(=C\N=C)c1cccc(P(=O)(c2ccccc2)c2cccc(-n3c4ccccc4c4ccccc43)c2)c1. The molecule has 0 saturated heterocycles. The van der Waals surface area contributed by atoms with Crippen LogP contribution in [-0.2, 0) is 4.57 Å². The number of rotatable bonds is 7. The molecular weight excluding hydrogens is 495 g/mol. The van der Waals surface area contributed by atoms with Gasteiger partial charge in [-0.25, -0.2) is 0 Å². The molecule has 0 aliphatic heterocycles. The molecule has 3 nitrogen and oxygen atoms in total. The molecule has 0 saturated carbocycles. The van der Waals surface area contributed by atoms with Gasteiger partial charge in [0.05, 0.1) is 11.0 Å². The Bertz CT molecular complexity index is 1880. The molecular formula is C35H27N2OP. The summed E-state index contributed by atoms with van der Waals surface area (Å²) in [4.78, 5) is 3.93. The fraction of sp³-hybridized carbons (Fsp3) is 0. The molecule has 0 spiro atoms. The highest BCUT2D eigenvalue weighted by Crippen LogP contribution is 2.43. The van der Waals surface area contributed by atoms with E-state index in [1.807, 2.05) is 66.7 Å². The zero-order chi connectivity index (χ0) is 26.8. The number of benzene rings is 5. The monoisotopic (exact) mass is 522 g/mol. The maximum atomic E-state index is 15.4. The van der Waals surface area contributed by atoms with Crippen molar-refractivity contribution in [3.05, 3.63) is 152 Å². The smallest absolute Gasteiger partial charge is 0.171 e. The molecule has 6 aromatic rings. The number of hydrogen-bond acceptors (Lipinski definition) is 2. The molecule has 39 heavy (non-hydrogen) atoms. The van der Waals surface area contributed by atoms with E-state index >= 15 is 4.57 Å². The Morgan fingerprint density at radius 2 is 1.23 bits per heavy atom. The Morgan fingerprint density at radius 3 is 1.87 bits per heavy atom. The van der Waals surface area contributed by atoms with E-state index in [1.165, 1.54) is 10.8 Å². The zero-order valence-electron chi connectivity index (χ0n) is 21.4. The van der Waals surface area contributed by atoms with Crippen molar-refractivity contribution >= 4 is 57.2 Å². The average Bonchev–Trinajstić information content (AvgIpc) is 3.34. The number of aliphatic imine (C=N–C) groups is 1. The first-order chi connectivity index (χ1) is 19.1. The van der Waals surface area contributed by atoms with Gasteiger partial charge in [-0.2, -0.15) is 0 Å². The topological polar surface area (TPSA) is 34.4 Å². The zero-order valence-corrected chi connectivity index (χ0v) is 22.3. The number of fused-ring (bicyclic) bond motifs is 3. The lowest BCUT2D eigenvalue weighted by molar-refractivity contribution is 0.592. The van der Waals surface area contributed by atoms with Crippen molar-refractivity contribution in [2.24, 2.45) is 4.99 Å². The molecule has 4 heteroatoms. The van der Waals surface area contributed by atoms with Crippen LogP contribution in [0.1, 0.15) is 5.56 Å². The lowest BCUT2D eigenvalue weighted by Gasteiger charge is -2.22. The minimum atomic E-state index is -3.24. The standard InChI is InChI=1S/C35H27N2OP/c1-3-26(25-36-2)27-13-11-17-30(23-27)39(38,29-15-5-4-6-16-29)31-18-12-14-28(24-31)37-34-21-9-7-19-32(34)33-20-8-10-22-35(33)37/h3-25H,1-2H2/b26-25+. The van der Waals surface area contributed by atoms with Gasteiger partial charge in [0.15, 0.2) is 7.14 Å². The number of hydrogen-bond donors (Lipinski definition) is 0. The maximum absolute atomic E-state index is 15.4. The van der Waals surface area contributed by atoms with E-state index in [-0.39, 0.29) is 0 Å². The molecule has 1 unspecified atom stereocenters. The molecule has 188 valence electrons. The lowest BCUT2D eigenvalue weighted by atomic mass is 10.1. The van der Waals surface area contributed by atoms with Crippen molar-refractivity contribution in [3.63, 3.8) is 0 Å². The Labute approximate surface area is 228 Å². The predicted molar refractivity (Wildman–Crippen MR) is 168 cm³/mol. The first kappa shape index (κ1) is 24.6. The minimum Gasteiger partial charge on any atom is -0.309 e. The number of aromatic nitrogens is 1. The number of para-hydroxylation sites is 2. The van der Waals surface area contributed by atoms with Gasteiger partial charge in [-0.05, 0) is 48.2 Å². The summed E-state index contributed by atoms with van der Waals surface area (Å²) in [7, 11) is -3.24. The Kier molecular flexibility index (Phi) is 6.44. The van der Waals surface area contributed by atoms with Crippen molar-refractivity contribution in [2.45, 2.75) is 0 Å². The van der Waals surface area contributed by atoms with Crippen LogP contribution in [0.5, 0.6) is 0 Å². The molecule has 6 rings (SSSR count). The van der Waals surface area contributed by atoms with E-state index < -0.39 is 7.14 Å². The molecule has 0 radical (unpaired) electrons. The Morgan fingerprint density at radius 1 is 0.667 bits per heavy atom. The molecule has 0 fully saturated rings. The summed E-state index contributed by atoms with van der Waals surface area (Å²) in [6.07, 6.45) is 3.41. The van der Waals surface area contributed by atoms with E-state index in [0.29, 0.717) is 0 Å². The van der Waals surface area contributed by atoms with E-state index in [1.54, 1.807) is 12.3 Å². The summed E-state index contributed by atoms with van der Waals surface area (Å²) in [5.74, 6) is 0. The van der Waals surface area contributed by atoms with Crippen molar-refractivity contribution in [3.8, 4) is 5.69 Å². The van der Waals surface area contributed by atoms with Gasteiger partial charge >= 0.3 is 0 Å². The molecule has 1 aromatic heterocycles. The first-order valence-corrected chi connectivity index (χ1v) is 14.5. The van der Waals surface area contributed by atoms with E-state index in [2.05, 4.69) is 83.5 Å². The van der Waals surface area contributed by atoms with Crippen molar-refractivity contribution in [1.29, 1.82) is 0 Å². The normalized spacial score (nSPS) is 13.3. The van der Waals surface area contributed by atoms with Crippen LogP contribution < -0.4 is 15.9 Å². The Hall–Kier alpha value is -4.72. The summed E-state index contributed by atoms with van der Waals surface area (Å²) < 4.78 is 17.7. The molecule has 0 N–H and O–H groups in total. The molecule has 0 aliphatic carbocycles. The van der Waals surface area contributed by atoms with Gasteiger partial charge in [-0.15, -0.1) is 0 Å². The fourth-order valence-corrected chi connectivity index (χ4v) is 8.05. The van der Waals surface area contributed by atoms with Gasteiger partial charge in [0, 0.05) is 38.6 Å². The molecule has 0 aliphatic rings. The van der Waals surface area contributed by atoms with Crippen molar-refractivity contribution in [1.82, 2.24) is 4.57 Å². The van der Waals surface area contributed by atoms with E-state index in [0.717, 1.165) is 43.8 Å². The van der Waals surface area contributed by atoms with Gasteiger partial charge in [0.1, 0.15) is 0 Å². The largest absolute Gasteiger partial charge is 0.309 e. The molecule has 0 amide bonds. The highest BCUT2D eigenvalue weighted by molar-refractivity contribution is 7.85. The predicted octanol–water partition coefficient (Wildman–Crippen LogP) is 7.65. The number of nitrogens with zero attached hydrogens (tertiary/aromatic N) is 2. The summed E-state index contributed by atoms with van der Waals surface area (Å²) in [5, 5.41) is 4.69. The maximum Gasteiger partial charge on any atom is 0.171 e. The van der Waals surface area contributed by atoms with Crippen LogP contribution >= 0.6 is 7.14 Å². The average molecular weight is 523 g/mol. The van der Waals surface area contributed by atoms with Crippen LogP contribution in [0.25, 0.3) is 33.1 Å². The van der Waals surface area contributed by atoms with Crippen LogP contribution in [0.3, 0.4) is 0 Å².